The van der Waals surface area contributed by atoms with E-state index in [1.165, 1.54) is 0 Å². The number of benzene rings is 2. The molecule has 0 fully saturated rings. The van der Waals surface area contributed by atoms with E-state index >= 15 is 0 Å². The fraction of sp³-hybridized carbons (Fsp3) is 0.217. The summed E-state index contributed by atoms with van der Waals surface area (Å²) in [5, 5.41) is 4.73. The molecule has 5 nitrogen and oxygen atoms in total. The van der Waals surface area contributed by atoms with E-state index < -0.39 is 0 Å². The number of nitrogens with zero attached hydrogens (tertiary/aromatic N) is 4. The van der Waals surface area contributed by atoms with Gasteiger partial charge in [-0.3, -0.25) is 4.79 Å². The number of hydrogen-bond acceptors (Lipinski definition) is 4. The molecular weight excluding hydrogens is 348 g/mol. The average molecular weight is 368 g/mol. The van der Waals surface area contributed by atoms with E-state index in [1.54, 1.807) is 4.52 Å². The summed E-state index contributed by atoms with van der Waals surface area (Å²) in [5.74, 6) is 1.26. The second kappa shape index (κ2) is 6.09. The summed E-state index contributed by atoms with van der Waals surface area (Å²) >= 11 is 0. The Labute approximate surface area is 163 Å². The molecule has 0 radical (unpaired) electrons. The van der Waals surface area contributed by atoms with Crippen LogP contribution in [-0.4, -0.2) is 25.4 Å². The van der Waals surface area contributed by atoms with Gasteiger partial charge in [0.15, 0.2) is 11.6 Å². The molecule has 1 aliphatic rings. The third-order valence-electron chi connectivity index (χ3n) is 5.21. The molecule has 0 spiro atoms. The molecule has 0 N–H and O–H groups in total. The first-order valence-electron chi connectivity index (χ1n) is 9.45. The number of aromatic nitrogens is 4. The highest BCUT2D eigenvalue weighted by atomic mass is 16.1. The maximum atomic E-state index is 13.1. The fourth-order valence-electron chi connectivity index (χ4n) is 3.98. The summed E-state index contributed by atoms with van der Waals surface area (Å²) < 4.78 is 1.73. The Morgan fingerprint density at radius 1 is 0.857 bits per heavy atom. The normalized spacial score (nSPS) is 15.6. The zero-order valence-electron chi connectivity index (χ0n) is 15.9. The van der Waals surface area contributed by atoms with Crippen LogP contribution < -0.4 is 0 Å². The van der Waals surface area contributed by atoms with E-state index in [-0.39, 0.29) is 11.2 Å². The van der Waals surface area contributed by atoms with E-state index in [0.717, 1.165) is 28.9 Å². The summed E-state index contributed by atoms with van der Waals surface area (Å²) in [4.78, 5) is 22.6. The highest BCUT2D eigenvalue weighted by Gasteiger charge is 2.35. The first-order chi connectivity index (χ1) is 13.5. The lowest BCUT2D eigenvalue weighted by Crippen LogP contribution is -2.29. The SMILES string of the molecule is CC1(C)CC(=O)c2c(nc3nc(-c4ccccc4)nn3c2-c2ccccc2)C1. The largest absolute Gasteiger partial charge is 0.294 e. The van der Waals surface area contributed by atoms with Crippen LogP contribution >= 0.6 is 0 Å². The Bertz CT molecular complexity index is 1190. The van der Waals surface area contributed by atoms with Crippen molar-refractivity contribution < 1.29 is 4.79 Å². The van der Waals surface area contributed by atoms with Crippen LogP contribution in [0, 0.1) is 5.41 Å². The third-order valence-corrected chi connectivity index (χ3v) is 5.21. The van der Waals surface area contributed by atoms with Crippen molar-refractivity contribution >= 4 is 11.6 Å². The minimum atomic E-state index is -0.105. The lowest BCUT2D eigenvalue weighted by molar-refractivity contribution is 0.0910. The van der Waals surface area contributed by atoms with Crippen LogP contribution in [0.25, 0.3) is 28.4 Å². The number of Topliss-reactive ketones (excluding diaryl/α,β-unsaturated/α-hetero) is 1. The molecule has 5 rings (SSSR count). The zero-order chi connectivity index (χ0) is 19.3. The van der Waals surface area contributed by atoms with Crippen molar-refractivity contribution in [3.63, 3.8) is 0 Å². The molecule has 0 saturated carbocycles. The molecule has 0 bridgehead atoms. The molecule has 2 aromatic carbocycles. The molecule has 0 amide bonds. The smallest absolute Gasteiger partial charge is 0.253 e. The molecular formula is C23H20N4O. The predicted octanol–water partition coefficient (Wildman–Crippen LogP) is 4.61. The van der Waals surface area contributed by atoms with Gasteiger partial charge in [0.25, 0.3) is 5.78 Å². The van der Waals surface area contributed by atoms with Crippen LogP contribution in [0.2, 0.25) is 0 Å². The number of carbonyl (C=O) groups is 1. The monoisotopic (exact) mass is 368 g/mol. The Balaban J connectivity index is 1.84. The highest BCUT2D eigenvalue weighted by molar-refractivity contribution is 6.04. The fourth-order valence-corrected chi connectivity index (χ4v) is 3.98. The van der Waals surface area contributed by atoms with E-state index in [2.05, 4.69) is 18.8 Å². The number of rotatable bonds is 2. The van der Waals surface area contributed by atoms with Crippen molar-refractivity contribution in [3.8, 4) is 22.6 Å². The highest BCUT2D eigenvalue weighted by Crippen LogP contribution is 2.38. The first-order valence-corrected chi connectivity index (χ1v) is 9.45. The lowest BCUT2D eigenvalue weighted by Gasteiger charge is -2.30. The maximum Gasteiger partial charge on any atom is 0.253 e. The van der Waals surface area contributed by atoms with Crippen molar-refractivity contribution in [1.82, 2.24) is 19.6 Å². The third kappa shape index (κ3) is 2.71. The molecule has 138 valence electrons. The molecule has 2 aromatic heterocycles. The summed E-state index contributed by atoms with van der Waals surface area (Å²) in [5.41, 5.74) is 4.06. The number of hydrogen-bond donors (Lipinski definition) is 0. The number of fused-ring (bicyclic) bond motifs is 2. The zero-order valence-corrected chi connectivity index (χ0v) is 15.9. The summed E-state index contributed by atoms with van der Waals surface area (Å²) in [7, 11) is 0. The molecule has 2 heterocycles. The van der Waals surface area contributed by atoms with Crippen LogP contribution in [-0.2, 0) is 6.42 Å². The molecule has 4 aromatic rings. The topological polar surface area (TPSA) is 60.2 Å². The standard InChI is InChI=1S/C23H20N4O/c1-23(2)13-17-19(18(28)14-23)20(15-9-5-3-6-10-15)27-22(24-17)25-21(26-27)16-11-7-4-8-12-16/h3-12H,13-14H2,1-2H3. The van der Waals surface area contributed by atoms with Crippen molar-refractivity contribution in [2.45, 2.75) is 26.7 Å². The van der Waals surface area contributed by atoms with Crippen LogP contribution in [0.3, 0.4) is 0 Å². The Morgan fingerprint density at radius 2 is 1.50 bits per heavy atom. The van der Waals surface area contributed by atoms with Gasteiger partial charge in [-0.2, -0.15) is 9.50 Å². The molecule has 0 atom stereocenters. The maximum absolute atomic E-state index is 13.1. The molecule has 5 heteroatoms. The minimum Gasteiger partial charge on any atom is -0.294 e. The van der Waals surface area contributed by atoms with Crippen molar-refractivity contribution in [1.29, 1.82) is 0 Å². The van der Waals surface area contributed by atoms with Gasteiger partial charge in [-0.05, 0) is 11.8 Å². The van der Waals surface area contributed by atoms with E-state index in [4.69, 9.17) is 10.1 Å². The van der Waals surface area contributed by atoms with Crippen LogP contribution in [0.4, 0.5) is 0 Å². The van der Waals surface area contributed by atoms with Crippen LogP contribution in [0.5, 0.6) is 0 Å². The quantitative estimate of drug-likeness (QED) is 0.518. The summed E-state index contributed by atoms with van der Waals surface area (Å²) in [6, 6.07) is 19.8. The van der Waals surface area contributed by atoms with Gasteiger partial charge in [0.1, 0.15) is 0 Å². The van der Waals surface area contributed by atoms with E-state index in [1.807, 2.05) is 60.7 Å². The van der Waals surface area contributed by atoms with Gasteiger partial charge in [0.2, 0.25) is 0 Å². The summed E-state index contributed by atoms with van der Waals surface area (Å²) in [6.07, 6.45) is 1.26. The first kappa shape index (κ1) is 16.8. The minimum absolute atomic E-state index is 0.105. The van der Waals surface area contributed by atoms with Gasteiger partial charge in [-0.1, -0.05) is 74.5 Å². The Morgan fingerprint density at radius 3 is 2.18 bits per heavy atom. The Kier molecular flexibility index (Phi) is 3.66. The number of carbonyl (C=O) groups excluding carboxylic acids is 1. The lowest BCUT2D eigenvalue weighted by atomic mass is 9.75. The van der Waals surface area contributed by atoms with Crippen molar-refractivity contribution in [2.75, 3.05) is 0 Å². The van der Waals surface area contributed by atoms with Gasteiger partial charge in [-0.25, -0.2) is 4.98 Å². The second-order valence-corrected chi connectivity index (χ2v) is 8.10. The van der Waals surface area contributed by atoms with E-state index in [9.17, 15) is 4.79 Å². The van der Waals surface area contributed by atoms with Crippen molar-refractivity contribution in [2.24, 2.45) is 5.41 Å². The van der Waals surface area contributed by atoms with Gasteiger partial charge in [-0.15, -0.1) is 5.10 Å². The average Bonchev–Trinajstić information content (AvgIpc) is 3.10. The molecule has 0 saturated heterocycles. The van der Waals surface area contributed by atoms with Crippen LogP contribution in [0.15, 0.2) is 60.7 Å². The summed E-state index contributed by atoms with van der Waals surface area (Å²) in [6.45, 7) is 4.22. The van der Waals surface area contributed by atoms with Gasteiger partial charge in [0.05, 0.1) is 17.0 Å². The molecule has 1 aliphatic carbocycles. The molecule has 0 aliphatic heterocycles. The van der Waals surface area contributed by atoms with E-state index in [0.29, 0.717) is 23.6 Å². The predicted molar refractivity (Wildman–Crippen MR) is 108 cm³/mol. The van der Waals surface area contributed by atoms with Crippen molar-refractivity contribution in [3.05, 3.63) is 71.9 Å². The second-order valence-electron chi connectivity index (χ2n) is 8.10. The Hall–Kier alpha value is -3.34. The molecule has 28 heavy (non-hydrogen) atoms. The van der Waals surface area contributed by atoms with Crippen LogP contribution in [0.1, 0.15) is 36.3 Å². The van der Waals surface area contributed by atoms with Gasteiger partial charge < -0.3 is 0 Å². The molecule has 0 unspecified atom stereocenters. The number of ketones is 1. The van der Waals surface area contributed by atoms with Gasteiger partial charge in [0, 0.05) is 17.5 Å². The van der Waals surface area contributed by atoms with Gasteiger partial charge >= 0.3 is 0 Å².